The van der Waals surface area contributed by atoms with Crippen LogP contribution in [0.3, 0.4) is 0 Å². The topological polar surface area (TPSA) is 75.4 Å². The second-order valence-electron chi connectivity index (χ2n) is 8.81. The molecule has 37 heavy (non-hydrogen) atoms. The van der Waals surface area contributed by atoms with Crippen LogP contribution in [-0.2, 0) is 12.7 Å². The van der Waals surface area contributed by atoms with Gasteiger partial charge in [0.1, 0.15) is 0 Å². The van der Waals surface area contributed by atoms with Crippen molar-refractivity contribution in [1.82, 2.24) is 20.1 Å². The smallest absolute Gasteiger partial charge is 0.413 e. The summed E-state index contributed by atoms with van der Waals surface area (Å²) in [4.78, 5) is 21.3. The van der Waals surface area contributed by atoms with Crippen LogP contribution in [0, 0.1) is 0 Å². The van der Waals surface area contributed by atoms with E-state index in [-0.39, 0.29) is 11.9 Å². The van der Waals surface area contributed by atoms with Crippen molar-refractivity contribution in [3.63, 3.8) is 0 Å². The molecule has 0 spiro atoms. The quantitative estimate of drug-likeness (QED) is 0.311. The van der Waals surface area contributed by atoms with E-state index in [1.807, 2.05) is 41.3 Å². The Hall–Kier alpha value is -4.21. The number of rotatable bonds is 5. The lowest BCUT2D eigenvalue weighted by molar-refractivity contribution is -0.156. The van der Waals surface area contributed by atoms with Crippen molar-refractivity contribution in [3.8, 4) is 22.6 Å². The van der Waals surface area contributed by atoms with Gasteiger partial charge in [0.25, 0.3) is 0 Å². The van der Waals surface area contributed by atoms with Crippen LogP contribution < -0.4 is 4.90 Å². The highest BCUT2D eigenvalue weighted by atomic mass is 19.4. The molecule has 1 saturated heterocycles. The normalized spacial score (nSPS) is 14.0. The molecule has 4 aromatic rings. The van der Waals surface area contributed by atoms with Crippen molar-refractivity contribution in [2.24, 2.45) is 0 Å². The van der Waals surface area contributed by atoms with E-state index in [0.29, 0.717) is 25.2 Å². The first kappa shape index (κ1) is 24.5. The molecule has 3 heterocycles. The van der Waals surface area contributed by atoms with E-state index >= 15 is 0 Å². The zero-order valence-corrected chi connectivity index (χ0v) is 19.9. The van der Waals surface area contributed by atoms with Crippen LogP contribution in [0.25, 0.3) is 22.6 Å². The number of amides is 2. The first-order valence-electron chi connectivity index (χ1n) is 12.0. The van der Waals surface area contributed by atoms with Crippen LogP contribution >= 0.6 is 0 Å². The molecule has 10 heteroatoms. The Morgan fingerprint density at radius 2 is 1.59 bits per heavy atom. The highest BCUT2D eigenvalue weighted by Crippen LogP contribution is 2.31. The Morgan fingerprint density at radius 1 is 0.892 bits per heavy atom. The number of halogens is 3. The summed E-state index contributed by atoms with van der Waals surface area (Å²) in [6.45, 7) is 1.71. The van der Waals surface area contributed by atoms with Gasteiger partial charge in [0.15, 0.2) is 0 Å². The minimum Gasteiger partial charge on any atom is -0.413 e. The number of anilines is 1. The Morgan fingerprint density at radius 3 is 2.22 bits per heavy atom. The van der Waals surface area contributed by atoms with Gasteiger partial charge in [-0.15, -0.1) is 10.2 Å². The molecular formula is C27H24F3N5O2. The molecule has 1 fully saturated rings. The summed E-state index contributed by atoms with van der Waals surface area (Å²) >= 11 is 0. The Balaban J connectivity index is 1.39. The summed E-state index contributed by atoms with van der Waals surface area (Å²) in [6, 6.07) is 18.2. The molecule has 2 amide bonds. The fourth-order valence-corrected chi connectivity index (χ4v) is 4.28. The molecule has 0 aliphatic carbocycles. The molecular weight excluding hydrogens is 483 g/mol. The molecule has 0 unspecified atom stereocenters. The number of piperidine rings is 1. The SMILES string of the molecule is O=C(N1CCCCC1)N(Cc1ccc(-c2nnc(C(F)(F)F)o2)cc1)c1ccc(-c2cccnc2)cc1. The van der Waals surface area contributed by atoms with Gasteiger partial charge in [0, 0.05) is 36.7 Å². The van der Waals surface area contributed by atoms with Crippen molar-refractivity contribution >= 4 is 11.7 Å². The maximum absolute atomic E-state index is 13.5. The predicted molar refractivity (Wildman–Crippen MR) is 131 cm³/mol. The molecule has 7 nitrogen and oxygen atoms in total. The molecule has 2 aromatic carbocycles. The first-order valence-corrected chi connectivity index (χ1v) is 12.0. The van der Waals surface area contributed by atoms with Crippen LogP contribution in [0.4, 0.5) is 23.7 Å². The van der Waals surface area contributed by atoms with Crippen LogP contribution in [0.1, 0.15) is 30.7 Å². The molecule has 2 aromatic heterocycles. The van der Waals surface area contributed by atoms with Gasteiger partial charge in [0.2, 0.25) is 5.89 Å². The number of carbonyl (C=O) groups is 1. The lowest BCUT2D eigenvalue weighted by atomic mass is 10.1. The average Bonchev–Trinajstić information content (AvgIpc) is 3.44. The number of hydrogen-bond acceptors (Lipinski definition) is 5. The number of aromatic nitrogens is 3. The minimum atomic E-state index is -4.70. The molecule has 1 aliphatic heterocycles. The van der Waals surface area contributed by atoms with Gasteiger partial charge in [-0.3, -0.25) is 9.88 Å². The summed E-state index contributed by atoms with van der Waals surface area (Å²) in [5.74, 6) is -1.61. The van der Waals surface area contributed by atoms with Gasteiger partial charge in [-0.25, -0.2) is 4.79 Å². The van der Waals surface area contributed by atoms with E-state index in [9.17, 15) is 18.0 Å². The predicted octanol–water partition coefficient (Wildman–Crippen LogP) is 6.43. The van der Waals surface area contributed by atoms with E-state index < -0.39 is 12.1 Å². The third-order valence-corrected chi connectivity index (χ3v) is 6.24. The van der Waals surface area contributed by atoms with E-state index in [2.05, 4.69) is 15.2 Å². The van der Waals surface area contributed by atoms with Gasteiger partial charge in [0.05, 0.1) is 6.54 Å². The number of nitrogens with zero attached hydrogens (tertiary/aromatic N) is 5. The molecule has 0 N–H and O–H groups in total. The van der Waals surface area contributed by atoms with E-state index in [4.69, 9.17) is 4.42 Å². The van der Waals surface area contributed by atoms with Crippen LogP contribution in [-0.4, -0.2) is 39.2 Å². The van der Waals surface area contributed by atoms with Crippen molar-refractivity contribution < 1.29 is 22.4 Å². The first-order chi connectivity index (χ1) is 17.9. The van der Waals surface area contributed by atoms with Gasteiger partial charge in [-0.05, 0) is 66.3 Å². The number of carbonyl (C=O) groups excluding carboxylic acids is 1. The molecule has 0 saturated carbocycles. The van der Waals surface area contributed by atoms with Crippen molar-refractivity contribution in [2.75, 3.05) is 18.0 Å². The maximum Gasteiger partial charge on any atom is 0.470 e. The minimum absolute atomic E-state index is 0.0791. The Bertz CT molecular complexity index is 1330. The van der Waals surface area contributed by atoms with E-state index in [1.54, 1.807) is 41.6 Å². The molecule has 5 rings (SSSR count). The second kappa shape index (κ2) is 10.4. The maximum atomic E-state index is 13.5. The second-order valence-corrected chi connectivity index (χ2v) is 8.81. The molecule has 0 bridgehead atoms. The molecule has 1 aliphatic rings. The standard InChI is InChI=1S/C27H24F3N5O2/c28-27(29,30)25-33-32-24(37-25)21-8-6-19(7-9-21)18-35(26(36)34-15-2-1-3-16-34)23-12-10-20(11-13-23)22-5-4-14-31-17-22/h4-14,17H,1-3,15-16,18H2. The van der Waals surface area contributed by atoms with Crippen LogP contribution in [0.2, 0.25) is 0 Å². The third-order valence-electron chi connectivity index (χ3n) is 6.24. The summed E-state index contributed by atoms with van der Waals surface area (Å²) in [7, 11) is 0. The summed E-state index contributed by atoms with van der Waals surface area (Å²) < 4.78 is 43.2. The van der Waals surface area contributed by atoms with Gasteiger partial charge >= 0.3 is 18.1 Å². The highest BCUT2D eigenvalue weighted by molar-refractivity contribution is 5.92. The molecule has 0 radical (unpaired) electrons. The number of hydrogen-bond donors (Lipinski definition) is 0. The largest absolute Gasteiger partial charge is 0.470 e. The van der Waals surface area contributed by atoms with Crippen LogP contribution in [0.5, 0.6) is 0 Å². The van der Waals surface area contributed by atoms with E-state index in [1.165, 1.54) is 0 Å². The van der Waals surface area contributed by atoms with E-state index in [0.717, 1.165) is 41.6 Å². The lowest BCUT2D eigenvalue weighted by Gasteiger charge is -2.33. The van der Waals surface area contributed by atoms with Crippen molar-refractivity contribution in [2.45, 2.75) is 32.0 Å². The van der Waals surface area contributed by atoms with Gasteiger partial charge in [-0.1, -0.05) is 30.3 Å². The van der Waals surface area contributed by atoms with Crippen molar-refractivity contribution in [3.05, 3.63) is 84.5 Å². The Labute approximate surface area is 211 Å². The zero-order valence-electron chi connectivity index (χ0n) is 19.9. The summed E-state index contributed by atoms with van der Waals surface area (Å²) in [5.41, 5.74) is 3.89. The number of alkyl halides is 3. The number of likely N-dealkylation sites (tertiary alicyclic amines) is 1. The number of pyridine rings is 1. The Kier molecular flexibility index (Phi) is 6.89. The summed E-state index contributed by atoms with van der Waals surface area (Å²) in [5, 5.41) is 6.58. The van der Waals surface area contributed by atoms with Crippen LogP contribution in [0.15, 0.2) is 77.5 Å². The number of benzene rings is 2. The summed E-state index contributed by atoms with van der Waals surface area (Å²) in [6.07, 6.45) is 1.85. The fourth-order valence-electron chi connectivity index (χ4n) is 4.28. The number of urea groups is 1. The van der Waals surface area contributed by atoms with Gasteiger partial charge < -0.3 is 9.32 Å². The average molecular weight is 508 g/mol. The highest BCUT2D eigenvalue weighted by Gasteiger charge is 2.38. The fraction of sp³-hybridized carbons (Fsp3) is 0.259. The van der Waals surface area contributed by atoms with Gasteiger partial charge in [-0.2, -0.15) is 13.2 Å². The molecule has 190 valence electrons. The lowest BCUT2D eigenvalue weighted by Crippen LogP contribution is -2.45. The third kappa shape index (κ3) is 5.63. The molecule has 0 atom stereocenters. The monoisotopic (exact) mass is 507 g/mol. The van der Waals surface area contributed by atoms with Crippen molar-refractivity contribution in [1.29, 1.82) is 0 Å². The zero-order chi connectivity index (χ0) is 25.8.